The van der Waals surface area contributed by atoms with Crippen LogP contribution in [-0.2, 0) is 15.8 Å². The van der Waals surface area contributed by atoms with Gasteiger partial charge in [0.05, 0.1) is 41.7 Å². The van der Waals surface area contributed by atoms with E-state index in [4.69, 9.17) is 4.74 Å². The first kappa shape index (κ1) is 29.3. The molecule has 0 fully saturated rings. The molecule has 1 unspecified atom stereocenters. The van der Waals surface area contributed by atoms with Crippen molar-refractivity contribution in [3.63, 3.8) is 0 Å². The highest BCUT2D eigenvalue weighted by Crippen LogP contribution is 2.38. The van der Waals surface area contributed by atoms with Gasteiger partial charge in [0.1, 0.15) is 16.7 Å². The Morgan fingerprint density at radius 1 is 1.10 bits per heavy atom. The minimum Gasteiger partial charge on any atom is -0.494 e. The molecule has 1 amide bonds. The van der Waals surface area contributed by atoms with Crippen LogP contribution >= 0.6 is 0 Å². The van der Waals surface area contributed by atoms with Crippen LogP contribution in [0, 0.1) is 5.82 Å². The monoisotopic (exact) mass is 556 g/mol. The maximum Gasteiger partial charge on any atom is 0.247 e. The van der Waals surface area contributed by atoms with Gasteiger partial charge in [0.15, 0.2) is 11.6 Å². The first-order valence-electron chi connectivity index (χ1n) is 11.9. The van der Waals surface area contributed by atoms with Gasteiger partial charge in [0.25, 0.3) is 0 Å². The summed E-state index contributed by atoms with van der Waals surface area (Å²) in [7, 11) is 6.07. The highest BCUT2D eigenvalue weighted by atomic mass is 32.2. The summed E-state index contributed by atoms with van der Waals surface area (Å²) in [5.74, 6) is -0.616. The standard InChI is InChI=1S/C26H33FN8O3S/c1-7-24(36)29-20-14-21(23(38-5)15-22(20)35(4)13-12-34(2)3)31-26-28-16-17(27)25(32-26)30-18-10-8-9-11-19(18)33-39(6)37/h7-11,14-16,33H,1,12-13H2,2-6H3,(H,29,36)(H2,28,30,31,32). The van der Waals surface area contributed by atoms with Crippen LogP contribution in [0.4, 0.5) is 44.6 Å². The Bertz CT molecular complexity index is 1350. The van der Waals surface area contributed by atoms with Gasteiger partial charge < -0.3 is 35.2 Å². The van der Waals surface area contributed by atoms with Gasteiger partial charge in [-0.25, -0.2) is 13.6 Å². The summed E-state index contributed by atoms with van der Waals surface area (Å²) < 4.78 is 34.7. The second-order valence-corrected chi connectivity index (χ2v) is 9.84. The molecule has 39 heavy (non-hydrogen) atoms. The molecule has 208 valence electrons. The number of nitrogens with zero attached hydrogens (tertiary/aromatic N) is 4. The largest absolute Gasteiger partial charge is 0.494 e. The van der Waals surface area contributed by atoms with E-state index in [1.54, 1.807) is 36.4 Å². The Morgan fingerprint density at radius 2 is 1.82 bits per heavy atom. The third-order valence-electron chi connectivity index (χ3n) is 5.48. The Labute approximate surface area is 230 Å². The molecule has 0 saturated carbocycles. The smallest absolute Gasteiger partial charge is 0.247 e. The summed E-state index contributed by atoms with van der Waals surface area (Å²) in [5, 5.41) is 8.80. The zero-order valence-corrected chi connectivity index (χ0v) is 23.4. The summed E-state index contributed by atoms with van der Waals surface area (Å²) in [4.78, 5) is 24.6. The van der Waals surface area contributed by atoms with Gasteiger partial charge in [-0.1, -0.05) is 18.7 Å². The molecule has 3 aromatic rings. The molecular weight excluding hydrogens is 523 g/mol. The number of anilines is 7. The maximum atomic E-state index is 14.7. The van der Waals surface area contributed by atoms with E-state index < -0.39 is 16.8 Å². The van der Waals surface area contributed by atoms with Crippen molar-refractivity contribution in [1.82, 2.24) is 14.9 Å². The van der Waals surface area contributed by atoms with Crippen molar-refractivity contribution in [2.75, 3.05) is 73.2 Å². The van der Waals surface area contributed by atoms with E-state index >= 15 is 0 Å². The number of methoxy groups -OCH3 is 1. The number of nitrogens with one attached hydrogen (secondary N) is 4. The van der Waals surface area contributed by atoms with Crippen LogP contribution < -0.4 is 30.3 Å². The summed E-state index contributed by atoms with van der Waals surface area (Å²) in [6, 6.07) is 10.4. The predicted molar refractivity (Wildman–Crippen MR) is 156 cm³/mol. The number of hydrogen-bond acceptors (Lipinski definition) is 9. The van der Waals surface area contributed by atoms with E-state index in [1.807, 2.05) is 26.0 Å². The van der Waals surface area contributed by atoms with Crippen LogP contribution in [0.5, 0.6) is 5.75 Å². The third kappa shape index (κ3) is 8.12. The lowest BCUT2D eigenvalue weighted by atomic mass is 10.2. The molecule has 1 aromatic heterocycles. The van der Waals surface area contributed by atoms with E-state index in [0.717, 1.165) is 18.4 Å². The summed E-state index contributed by atoms with van der Waals surface area (Å²) in [6.45, 7) is 5.02. The van der Waals surface area contributed by atoms with Gasteiger partial charge in [-0.3, -0.25) is 4.79 Å². The van der Waals surface area contributed by atoms with E-state index in [0.29, 0.717) is 35.0 Å². The Morgan fingerprint density at radius 3 is 2.46 bits per heavy atom. The zero-order valence-electron chi connectivity index (χ0n) is 22.5. The van der Waals surface area contributed by atoms with Gasteiger partial charge in [-0.2, -0.15) is 4.98 Å². The lowest BCUT2D eigenvalue weighted by molar-refractivity contribution is -0.111. The van der Waals surface area contributed by atoms with E-state index in [-0.39, 0.29) is 17.7 Å². The Balaban J connectivity index is 1.96. The van der Waals surface area contributed by atoms with Crippen LogP contribution in [0.25, 0.3) is 0 Å². The number of para-hydroxylation sites is 2. The molecule has 0 aliphatic rings. The van der Waals surface area contributed by atoms with Crippen molar-refractivity contribution < 1.29 is 18.1 Å². The van der Waals surface area contributed by atoms with Crippen LogP contribution in [0.2, 0.25) is 0 Å². The van der Waals surface area contributed by atoms with Crippen molar-refractivity contribution in [1.29, 1.82) is 0 Å². The number of carbonyl (C=O) groups excluding carboxylic acids is 1. The predicted octanol–water partition coefficient (Wildman–Crippen LogP) is 3.94. The lowest BCUT2D eigenvalue weighted by Crippen LogP contribution is -2.29. The van der Waals surface area contributed by atoms with Gasteiger partial charge in [0.2, 0.25) is 11.9 Å². The van der Waals surface area contributed by atoms with Gasteiger partial charge in [-0.05, 0) is 38.4 Å². The molecule has 4 N–H and O–H groups in total. The number of halogens is 1. The van der Waals surface area contributed by atoms with Crippen molar-refractivity contribution in [3.8, 4) is 5.75 Å². The van der Waals surface area contributed by atoms with Crippen LogP contribution in [0.3, 0.4) is 0 Å². The average molecular weight is 557 g/mol. The zero-order chi connectivity index (χ0) is 28.5. The maximum absolute atomic E-state index is 14.7. The molecule has 1 heterocycles. The number of likely N-dealkylation sites (N-methyl/N-ethyl adjacent to an activating group) is 2. The molecule has 0 saturated heterocycles. The Kier molecular flexibility index (Phi) is 10.2. The SMILES string of the molecule is C=CC(=O)Nc1cc(Nc2ncc(F)c(Nc3ccccc3NS(C)=O)n2)c(OC)cc1N(C)CCN(C)C. The number of hydrogen-bond donors (Lipinski definition) is 4. The minimum absolute atomic E-state index is 0.0800. The summed E-state index contributed by atoms with van der Waals surface area (Å²) in [5.41, 5.74) is 2.69. The molecule has 3 rings (SSSR count). The number of carbonyl (C=O) groups is 1. The van der Waals surface area contributed by atoms with Gasteiger partial charge >= 0.3 is 0 Å². The quantitative estimate of drug-likeness (QED) is 0.232. The molecule has 0 spiro atoms. The lowest BCUT2D eigenvalue weighted by Gasteiger charge is -2.26. The molecule has 0 aliphatic carbocycles. The van der Waals surface area contributed by atoms with Crippen molar-refractivity contribution in [3.05, 3.63) is 61.1 Å². The number of rotatable bonds is 13. The van der Waals surface area contributed by atoms with Crippen LogP contribution in [-0.4, -0.2) is 72.6 Å². The van der Waals surface area contributed by atoms with Crippen LogP contribution in [0.15, 0.2) is 55.3 Å². The fourth-order valence-corrected chi connectivity index (χ4v) is 3.99. The van der Waals surface area contributed by atoms with E-state index in [2.05, 4.69) is 42.1 Å². The number of aromatic nitrogens is 2. The van der Waals surface area contributed by atoms with E-state index in [1.165, 1.54) is 19.4 Å². The molecule has 0 aliphatic heterocycles. The number of ether oxygens (including phenoxy) is 1. The van der Waals surface area contributed by atoms with E-state index in [9.17, 15) is 13.4 Å². The molecular formula is C26H33FN8O3S. The van der Waals surface area contributed by atoms with Crippen LogP contribution in [0.1, 0.15) is 0 Å². The minimum atomic E-state index is -1.33. The first-order chi connectivity index (χ1) is 18.6. The number of benzene rings is 2. The fraction of sp³-hybridized carbons (Fsp3) is 0.269. The molecule has 0 bridgehead atoms. The van der Waals surface area contributed by atoms with Gasteiger partial charge in [0, 0.05) is 32.5 Å². The highest BCUT2D eigenvalue weighted by molar-refractivity contribution is 7.85. The fourth-order valence-electron chi connectivity index (χ4n) is 3.50. The molecule has 0 radical (unpaired) electrons. The topological polar surface area (TPSA) is 124 Å². The summed E-state index contributed by atoms with van der Waals surface area (Å²) >= 11 is 0. The second-order valence-electron chi connectivity index (χ2n) is 8.73. The molecule has 11 nitrogen and oxygen atoms in total. The second kappa shape index (κ2) is 13.5. The van der Waals surface area contributed by atoms with Crippen molar-refractivity contribution in [2.24, 2.45) is 0 Å². The first-order valence-corrected chi connectivity index (χ1v) is 13.4. The van der Waals surface area contributed by atoms with Crippen molar-refractivity contribution >= 4 is 57.1 Å². The average Bonchev–Trinajstić information content (AvgIpc) is 2.90. The highest BCUT2D eigenvalue weighted by Gasteiger charge is 2.17. The summed E-state index contributed by atoms with van der Waals surface area (Å²) in [6.07, 6.45) is 3.71. The normalized spacial score (nSPS) is 11.5. The third-order valence-corrected chi connectivity index (χ3v) is 5.99. The number of amides is 1. The van der Waals surface area contributed by atoms with Crippen molar-refractivity contribution in [2.45, 2.75) is 0 Å². The van der Waals surface area contributed by atoms with Gasteiger partial charge in [-0.15, -0.1) is 0 Å². The molecule has 2 aromatic carbocycles. The Hall–Kier alpha value is -4.23. The molecule has 1 atom stereocenters. The molecule has 13 heteroatoms.